The van der Waals surface area contributed by atoms with Crippen LogP contribution >= 0.6 is 0 Å². The highest BCUT2D eigenvalue weighted by Crippen LogP contribution is 2.44. The van der Waals surface area contributed by atoms with E-state index in [0.29, 0.717) is 25.4 Å². The van der Waals surface area contributed by atoms with Gasteiger partial charge in [0, 0.05) is 24.6 Å². The van der Waals surface area contributed by atoms with Gasteiger partial charge in [-0.05, 0) is 17.7 Å². The Labute approximate surface area is 114 Å². The van der Waals surface area contributed by atoms with Crippen LogP contribution in [0.5, 0.6) is 11.5 Å². The zero-order valence-corrected chi connectivity index (χ0v) is 10.8. The van der Waals surface area contributed by atoms with Crippen molar-refractivity contribution in [1.82, 2.24) is 9.78 Å². The fourth-order valence-electron chi connectivity index (χ4n) is 2.93. The van der Waals surface area contributed by atoms with Crippen LogP contribution in [-0.2, 0) is 13.5 Å². The van der Waals surface area contributed by atoms with Crippen molar-refractivity contribution in [3.05, 3.63) is 29.0 Å². The van der Waals surface area contributed by atoms with Gasteiger partial charge in [0.15, 0.2) is 17.2 Å². The summed E-state index contributed by atoms with van der Waals surface area (Å²) in [5, 5.41) is 13.3. The van der Waals surface area contributed by atoms with Crippen molar-refractivity contribution < 1.29 is 19.4 Å². The summed E-state index contributed by atoms with van der Waals surface area (Å²) in [7, 11) is 1.76. The standard InChI is InChI=1S/C14H12N2O4/c1-16-13-8-6-11-10(19-2-3-20-11)5-7(8)4-9(13)12(15-16)14(17)18/h5-6H,2-4H2,1H3,(H,17,18). The Morgan fingerprint density at radius 3 is 2.70 bits per heavy atom. The summed E-state index contributed by atoms with van der Waals surface area (Å²) in [5.41, 5.74) is 3.77. The van der Waals surface area contributed by atoms with Crippen LogP contribution in [0.2, 0.25) is 0 Å². The monoisotopic (exact) mass is 272 g/mol. The van der Waals surface area contributed by atoms with Crippen LogP contribution in [-0.4, -0.2) is 34.1 Å². The molecular formula is C14H12N2O4. The highest BCUT2D eigenvalue weighted by Gasteiger charge is 2.31. The van der Waals surface area contributed by atoms with E-state index in [4.69, 9.17) is 9.47 Å². The molecule has 2 heterocycles. The van der Waals surface area contributed by atoms with E-state index < -0.39 is 5.97 Å². The molecule has 20 heavy (non-hydrogen) atoms. The van der Waals surface area contributed by atoms with Crippen molar-refractivity contribution in [3.63, 3.8) is 0 Å². The van der Waals surface area contributed by atoms with Crippen molar-refractivity contribution in [2.75, 3.05) is 13.2 Å². The SMILES string of the molecule is Cn1nc(C(=O)O)c2c1-c1cc3c(cc1C2)OCCO3. The average molecular weight is 272 g/mol. The van der Waals surface area contributed by atoms with E-state index in [-0.39, 0.29) is 5.69 Å². The van der Waals surface area contributed by atoms with Crippen molar-refractivity contribution in [1.29, 1.82) is 0 Å². The van der Waals surface area contributed by atoms with E-state index in [1.807, 2.05) is 12.1 Å². The molecule has 1 aliphatic heterocycles. The Morgan fingerprint density at radius 1 is 1.30 bits per heavy atom. The number of hydrogen-bond acceptors (Lipinski definition) is 4. The number of carboxylic acid groups (broad SMARTS) is 1. The largest absolute Gasteiger partial charge is 0.486 e. The maximum absolute atomic E-state index is 11.3. The molecule has 0 saturated heterocycles. The molecule has 1 aromatic carbocycles. The Kier molecular flexibility index (Phi) is 2.13. The minimum atomic E-state index is -0.994. The first-order valence-corrected chi connectivity index (χ1v) is 6.37. The van der Waals surface area contributed by atoms with Gasteiger partial charge in [0.1, 0.15) is 13.2 Å². The molecule has 0 atom stereocenters. The predicted octanol–water partition coefficient (Wildman–Crippen LogP) is 1.46. The summed E-state index contributed by atoms with van der Waals surface area (Å²) in [4.78, 5) is 11.3. The van der Waals surface area contributed by atoms with E-state index in [1.54, 1.807) is 11.7 Å². The molecule has 102 valence electrons. The predicted molar refractivity (Wildman–Crippen MR) is 69.4 cm³/mol. The summed E-state index contributed by atoms with van der Waals surface area (Å²) < 4.78 is 12.8. The Morgan fingerprint density at radius 2 is 2.00 bits per heavy atom. The minimum absolute atomic E-state index is 0.124. The number of benzene rings is 1. The molecule has 2 aromatic rings. The van der Waals surface area contributed by atoms with Crippen molar-refractivity contribution >= 4 is 5.97 Å². The number of rotatable bonds is 1. The molecule has 1 aliphatic carbocycles. The smallest absolute Gasteiger partial charge is 0.356 e. The number of carbonyl (C=O) groups is 1. The molecule has 4 rings (SSSR count). The fourth-order valence-corrected chi connectivity index (χ4v) is 2.93. The highest BCUT2D eigenvalue weighted by molar-refractivity contribution is 5.92. The molecule has 2 aliphatic rings. The third-order valence-corrected chi connectivity index (χ3v) is 3.74. The van der Waals surface area contributed by atoms with Gasteiger partial charge in [-0.1, -0.05) is 0 Å². The second-order valence-corrected chi connectivity index (χ2v) is 4.93. The minimum Gasteiger partial charge on any atom is -0.486 e. The van der Waals surface area contributed by atoms with Gasteiger partial charge in [-0.2, -0.15) is 5.10 Å². The lowest BCUT2D eigenvalue weighted by Gasteiger charge is -2.19. The molecule has 0 bridgehead atoms. The first-order chi connectivity index (χ1) is 9.65. The first-order valence-electron chi connectivity index (χ1n) is 6.37. The summed E-state index contributed by atoms with van der Waals surface area (Å²) in [6.45, 7) is 1.07. The third kappa shape index (κ3) is 1.39. The molecule has 0 fully saturated rings. The van der Waals surface area contributed by atoms with Crippen LogP contribution in [0.4, 0.5) is 0 Å². The van der Waals surface area contributed by atoms with E-state index >= 15 is 0 Å². The fraction of sp³-hybridized carbons (Fsp3) is 0.286. The maximum atomic E-state index is 11.3. The molecule has 0 radical (unpaired) electrons. The number of aromatic carboxylic acids is 1. The molecule has 1 aromatic heterocycles. The number of carboxylic acids is 1. The summed E-state index contributed by atoms with van der Waals surface area (Å²) in [5.74, 6) is 0.445. The van der Waals surface area contributed by atoms with Gasteiger partial charge >= 0.3 is 5.97 Å². The number of aryl methyl sites for hydroxylation is 1. The van der Waals surface area contributed by atoms with Crippen LogP contribution in [0.3, 0.4) is 0 Å². The van der Waals surface area contributed by atoms with Gasteiger partial charge in [-0.3, -0.25) is 4.68 Å². The van der Waals surface area contributed by atoms with Crippen LogP contribution in [0, 0.1) is 0 Å². The number of nitrogens with zero attached hydrogens (tertiary/aromatic N) is 2. The molecule has 0 spiro atoms. The third-order valence-electron chi connectivity index (χ3n) is 3.74. The highest BCUT2D eigenvalue weighted by atomic mass is 16.6. The topological polar surface area (TPSA) is 73.6 Å². The van der Waals surface area contributed by atoms with Crippen LogP contribution in [0.25, 0.3) is 11.3 Å². The number of ether oxygens (including phenoxy) is 2. The molecule has 0 amide bonds. The van der Waals surface area contributed by atoms with Crippen LogP contribution in [0.15, 0.2) is 12.1 Å². The second-order valence-electron chi connectivity index (χ2n) is 4.93. The van der Waals surface area contributed by atoms with E-state index in [2.05, 4.69) is 5.10 Å². The van der Waals surface area contributed by atoms with E-state index in [1.165, 1.54) is 0 Å². The average Bonchev–Trinajstić information content (AvgIpc) is 2.94. The van der Waals surface area contributed by atoms with Crippen molar-refractivity contribution in [3.8, 4) is 22.8 Å². The first kappa shape index (κ1) is 11.3. The summed E-state index contributed by atoms with van der Waals surface area (Å²) in [6.07, 6.45) is 0.566. The number of fused-ring (bicyclic) bond motifs is 4. The van der Waals surface area contributed by atoms with Crippen molar-refractivity contribution in [2.24, 2.45) is 7.05 Å². The van der Waals surface area contributed by atoms with E-state index in [0.717, 1.165) is 28.1 Å². The second kappa shape index (κ2) is 3.75. The molecule has 6 heteroatoms. The number of hydrogen-bond donors (Lipinski definition) is 1. The van der Waals surface area contributed by atoms with Gasteiger partial charge < -0.3 is 14.6 Å². The van der Waals surface area contributed by atoms with Gasteiger partial charge in [-0.25, -0.2) is 4.79 Å². The number of aromatic nitrogens is 2. The molecular weight excluding hydrogens is 260 g/mol. The Bertz CT molecular complexity index is 748. The normalized spacial score (nSPS) is 14.8. The Balaban J connectivity index is 1.93. The van der Waals surface area contributed by atoms with E-state index in [9.17, 15) is 9.90 Å². The lowest BCUT2D eigenvalue weighted by molar-refractivity contribution is 0.0688. The zero-order chi connectivity index (χ0) is 13.9. The molecule has 1 N–H and O–H groups in total. The lowest BCUT2D eigenvalue weighted by atomic mass is 10.1. The van der Waals surface area contributed by atoms with Gasteiger partial charge in [0.05, 0.1) is 5.69 Å². The molecule has 0 unspecified atom stereocenters. The van der Waals surface area contributed by atoms with Crippen LogP contribution < -0.4 is 9.47 Å². The van der Waals surface area contributed by atoms with Gasteiger partial charge in [-0.15, -0.1) is 0 Å². The lowest BCUT2D eigenvalue weighted by Crippen LogP contribution is -2.15. The quantitative estimate of drug-likeness (QED) is 0.726. The van der Waals surface area contributed by atoms with Crippen molar-refractivity contribution in [2.45, 2.75) is 6.42 Å². The Hall–Kier alpha value is -2.50. The maximum Gasteiger partial charge on any atom is 0.356 e. The molecule has 0 saturated carbocycles. The summed E-state index contributed by atoms with van der Waals surface area (Å²) >= 11 is 0. The van der Waals surface area contributed by atoms with Gasteiger partial charge in [0.2, 0.25) is 0 Å². The summed E-state index contributed by atoms with van der Waals surface area (Å²) in [6, 6.07) is 3.86. The van der Waals surface area contributed by atoms with Gasteiger partial charge in [0.25, 0.3) is 0 Å². The zero-order valence-electron chi connectivity index (χ0n) is 10.8. The van der Waals surface area contributed by atoms with Crippen LogP contribution in [0.1, 0.15) is 21.6 Å². The molecule has 6 nitrogen and oxygen atoms in total.